The SMILES string of the molecule is CN(Cc1cnn(C)c1)C(=O)NC[C@@H](c1cccs1)N1CCCC1. The molecule has 0 saturated carbocycles. The van der Waals surface area contributed by atoms with E-state index < -0.39 is 0 Å². The van der Waals surface area contributed by atoms with Gasteiger partial charge in [0.05, 0.1) is 18.8 Å². The molecule has 7 heteroatoms. The van der Waals surface area contributed by atoms with Gasteiger partial charge in [-0.05, 0) is 37.4 Å². The van der Waals surface area contributed by atoms with Crippen LogP contribution < -0.4 is 5.32 Å². The van der Waals surface area contributed by atoms with Gasteiger partial charge in [0.25, 0.3) is 0 Å². The van der Waals surface area contributed by atoms with Crippen molar-refractivity contribution in [3.63, 3.8) is 0 Å². The van der Waals surface area contributed by atoms with Gasteiger partial charge >= 0.3 is 6.03 Å². The average Bonchev–Trinajstić information content (AvgIpc) is 3.30. The second kappa shape index (κ2) is 7.81. The second-order valence-corrected chi connectivity index (χ2v) is 7.32. The topological polar surface area (TPSA) is 53.4 Å². The van der Waals surface area contributed by atoms with Crippen LogP contribution in [0.1, 0.15) is 29.3 Å². The van der Waals surface area contributed by atoms with Crippen molar-refractivity contribution in [1.82, 2.24) is 24.9 Å². The van der Waals surface area contributed by atoms with Crippen LogP contribution in [0, 0.1) is 0 Å². The molecule has 1 saturated heterocycles. The Kier molecular flexibility index (Phi) is 5.52. The van der Waals surface area contributed by atoms with Crippen molar-refractivity contribution in [1.29, 1.82) is 0 Å². The average molecular weight is 347 g/mol. The Morgan fingerprint density at radius 1 is 1.46 bits per heavy atom. The summed E-state index contributed by atoms with van der Waals surface area (Å²) in [6.07, 6.45) is 6.22. The highest BCUT2D eigenvalue weighted by Gasteiger charge is 2.25. The van der Waals surface area contributed by atoms with Crippen LogP contribution in [-0.4, -0.2) is 52.3 Å². The fourth-order valence-electron chi connectivity index (χ4n) is 3.16. The summed E-state index contributed by atoms with van der Waals surface area (Å²) in [5.41, 5.74) is 1.03. The van der Waals surface area contributed by atoms with E-state index in [9.17, 15) is 4.79 Å². The molecule has 0 aromatic carbocycles. The van der Waals surface area contributed by atoms with Gasteiger partial charge in [0.15, 0.2) is 0 Å². The summed E-state index contributed by atoms with van der Waals surface area (Å²) in [4.78, 5) is 17.9. The van der Waals surface area contributed by atoms with E-state index in [1.165, 1.54) is 17.7 Å². The number of amides is 2. The van der Waals surface area contributed by atoms with Gasteiger partial charge in [-0.1, -0.05) is 6.07 Å². The molecular formula is C17H25N5OS. The summed E-state index contributed by atoms with van der Waals surface area (Å²) in [5.74, 6) is 0. The summed E-state index contributed by atoms with van der Waals surface area (Å²) in [7, 11) is 3.70. The van der Waals surface area contributed by atoms with Gasteiger partial charge in [0.2, 0.25) is 0 Å². The Labute approximate surface area is 147 Å². The van der Waals surface area contributed by atoms with Crippen molar-refractivity contribution in [2.75, 3.05) is 26.7 Å². The number of thiophene rings is 1. The molecule has 1 atom stereocenters. The molecule has 1 N–H and O–H groups in total. The van der Waals surface area contributed by atoms with Gasteiger partial charge < -0.3 is 10.2 Å². The zero-order chi connectivity index (χ0) is 16.9. The van der Waals surface area contributed by atoms with E-state index in [-0.39, 0.29) is 12.1 Å². The molecule has 0 bridgehead atoms. The summed E-state index contributed by atoms with van der Waals surface area (Å²) in [5, 5.41) is 9.35. The molecule has 6 nitrogen and oxygen atoms in total. The molecule has 2 aromatic rings. The molecule has 1 aliphatic heterocycles. The van der Waals surface area contributed by atoms with Crippen LogP contribution in [0.2, 0.25) is 0 Å². The number of nitrogens with zero attached hydrogens (tertiary/aromatic N) is 4. The third-order valence-corrected chi connectivity index (χ3v) is 5.40. The minimum Gasteiger partial charge on any atom is -0.336 e. The van der Waals surface area contributed by atoms with Crippen LogP contribution in [0.25, 0.3) is 0 Å². The number of carbonyl (C=O) groups is 1. The molecule has 0 radical (unpaired) electrons. The fraction of sp³-hybridized carbons (Fsp3) is 0.529. The Morgan fingerprint density at radius 3 is 2.88 bits per heavy atom. The molecule has 2 aromatic heterocycles. The lowest BCUT2D eigenvalue weighted by atomic mass is 10.2. The predicted molar refractivity (Wildman–Crippen MR) is 95.9 cm³/mol. The zero-order valence-corrected chi connectivity index (χ0v) is 15.1. The Hall–Kier alpha value is -1.86. The lowest BCUT2D eigenvalue weighted by Crippen LogP contribution is -2.42. The number of aromatic nitrogens is 2. The third-order valence-electron chi connectivity index (χ3n) is 4.42. The molecule has 3 rings (SSSR count). The Bertz CT molecular complexity index is 648. The van der Waals surface area contributed by atoms with Crippen LogP contribution in [-0.2, 0) is 13.6 Å². The van der Waals surface area contributed by atoms with E-state index in [2.05, 4.69) is 32.8 Å². The van der Waals surface area contributed by atoms with E-state index in [0.717, 1.165) is 18.7 Å². The lowest BCUT2D eigenvalue weighted by molar-refractivity contribution is 0.196. The Morgan fingerprint density at radius 2 is 2.25 bits per heavy atom. The van der Waals surface area contributed by atoms with E-state index in [0.29, 0.717) is 13.1 Å². The number of nitrogens with one attached hydrogen (secondary N) is 1. The standard InChI is InChI=1S/C17H25N5OS/c1-20(12-14-10-19-21(2)13-14)17(23)18-11-15(16-6-5-9-24-16)22-7-3-4-8-22/h5-6,9-10,13,15H,3-4,7-8,11-12H2,1-2H3,(H,18,23)/t15-/m0/s1. The molecule has 24 heavy (non-hydrogen) atoms. The molecule has 2 amide bonds. The lowest BCUT2D eigenvalue weighted by Gasteiger charge is -2.28. The summed E-state index contributed by atoms with van der Waals surface area (Å²) < 4.78 is 1.75. The van der Waals surface area contributed by atoms with Gasteiger partial charge in [-0.15, -0.1) is 11.3 Å². The van der Waals surface area contributed by atoms with Crippen LogP contribution in [0.15, 0.2) is 29.9 Å². The first-order valence-corrected chi connectivity index (χ1v) is 9.25. The molecule has 3 heterocycles. The number of hydrogen-bond donors (Lipinski definition) is 1. The number of aryl methyl sites for hydroxylation is 1. The van der Waals surface area contributed by atoms with Crippen molar-refractivity contribution >= 4 is 17.4 Å². The maximum Gasteiger partial charge on any atom is 0.317 e. The highest BCUT2D eigenvalue weighted by Crippen LogP contribution is 2.27. The largest absolute Gasteiger partial charge is 0.336 e. The van der Waals surface area contributed by atoms with Crippen molar-refractivity contribution in [3.05, 3.63) is 40.3 Å². The first-order chi connectivity index (χ1) is 11.6. The molecule has 130 valence electrons. The van der Waals surface area contributed by atoms with Crippen LogP contribution in [0.5, 0.6) is 0 Å². The van der Waals surface area contributed by atoms with Gasteiger partial charge in [-0.3, -0.25) is 9.58 Å². The smallest absolute Gasteiger partial charge is 0.317 e. The molecular weight excluding hydrogens is 322 g/mol. The number of hydrogen-bond acceptors (Lipinski definition) is 4. The zero-order valence-electron chi connectivity index (χ0n) is 14.3. The van der Waals surface area contributed by atoms with Gasteiger partial charge in [-0.25, -0.2) is 4.79 Å². The molecule has 1 fully saturated rings. The minimum atomic E-state index is -0.0420. The quantitative estimate of drug-likeness (QED) is 0.873. The van der Waals surface area contributed by atoms with Crippen molar-refractivity contribution in [2.24, 2.45) is 7.05 Å². The maximum absolute atomic E-state index is 12.4. The van der Waals surface area contributed by atoms with Gasteiger partial charge in [-0.2, -0.15) is 5.10 Å². The van der Waals surface area contributed by atoms with E-state index in [1.54, 1.807) is 27.1 Å². The van der Waals surface area contributed by atoms with Crippen molar-refractivity contribution in [2.45, 2.75) is 25.4 Å². The third kappa shape index (κ3) is 4.15. The normalized spacial score (nSPS) is 16.2. The molecule has 0 aliphatic carbocycles. The highest BCUT2D eigenvalue weighted by molar-refractivity contribution is 7.10. The monoisotopic (exact) mass is 347 g/mol. The van der Waals surface area contributed by atoms with Crippen LogP contribution >= 0.6 is 11.3 Å². The van der Waals surface area contributed by atoms with Gasteiger partial charge in [0.1, 0.15) is 0 Å². The Balaban J connectivity index is 1.56. The number of carbonyl (C=O) groups excluding carboxylic acids is 1. The number of rotatable bonds is 6. The van der Waals surface area contributed by atoms with Crippen molar-refractivity contribution < 1.29 is 4.79 Å². The second-order valence-electron chi connectivity index (χ2n) is 6.34. The molecule has 0 unspecified atom stereocenters. The summed E-state index contributed by atoms with van der Waals surface area (Å²) >= 11 is 1.77. The maximum atomic E-state index is 12.4. The molecule has 0 spiro atoms. The summed E-state index contributed by atoms with van der Waals surface area (Å²) in [6, 6.07) is 4.49. The number of urea groups is 1. The molecule has 1 aliphatic rings. The fourth-order valence-corrected chi connectivity index (χ4v) is 4.02. The minimum absolute atomic E-state index is 0.0420. The predicted octanol–water partition coefficient (Wildman–Crippen LogP) is 2.46. The van der Waals surface area contributed by atoms with E-state index in [1.807, 2.05) is 20.3 Å². The van der Waals surface area contributed by atoms with E-state index >= 15 is 0 Å². The van der Waals surface area contributed by atoms with Crippen LogP contribution in [0.4, 0.5) is 4.79 Å². The van der Waals surface area contributed by atoms with Crippen molar-refractivity contribution in [3.8, 4) is 0 Å². The van der Waals surface area contributed by atoms with Crippen LogP contribution in [0.3, 0.4) is 0 Å². The van der Waals surface area contributed by atoms with Gasteiger partial charge in [0, 0.05) is 37.3 Å². The van der Waals surface area contributed by atoms with E-state index in [4.69, 9.17) is 0 Å². The highest BCUT2D eigenvalue weighted by atomic mass is 32.1. The summed E-state index contributed by atoms with van der Waals surface area (Å²) in [6.45, 7) is 3.44. The first kappa shape index (κ1) is 17.0. The first-order valence-electron chi connectivity index (χ1n) is 8.37. The number of likely N-dealkylation sites (tertiary alicyclic amines) is 1.